The number of hydrogen-bond donors (Lipinski definition) is 0. The normalized spacial score (nSPS) is 39.9. The number of esters is 2. The Hall–Kier alpha value is -1.32. The second kappa shape index (κ2) is 5.82. The standard InChI is InChI=1S/C17H24O4/c1-3-17(19)21-9-13-6-12-7-15(13)16-5-11(4-14(12)16)8-20-10(2)18/h3,11-16H,1,4-9H2,2H3. The van der Waals surface area contributed by atoms with Crippen molar-refractivity contribution < 1.29 is 19.1 Å². The van der Waals surface area contributed by atoms with E-state index < -0.39 is 0 Å². The van der Waals surface area contributed by atoms with Crippen LogP contribution in [0, 0.1) is 35.5 Å². The minimum Gasteiger partial charge on any atom is -0.466 e. The topological polar surface area (TPSA) is 52.6 Å². The first-order chi connectivity index (χ1) is 10.1. The lowest BCUT2D eigenvalue weighted by Gasteiger charge is -2.31. The molecule has 0 aromatic rings. The van der Waals surface area contributed by atoms with Gasteiger partial charge < -0.3 is 9.47 Å². The Morgan fingerprint density at radius 3 is 2.52 bits per heavy atom. The molecule has 3 aliphatic rings. The minimum absolute atomic E-state index is 0.177. The molecule has 0 radical (unpaired) electrons. The zero-order valence-electron chi connectivity index (χ0n) is 12.6. The number of ether oxygens (including phenoxy) is 2. The summed E-state index contributed by atoms with van der Waals surface area (Å²) in [4.78, 5) is 22.2. The molecular formula is C17H24O4. The molecule has 6 atom stereocenters. The molecule has 0 aromatic heterocycles. The highest BCUT2D eigenvalue weighted by Crippen LogP contribution is 2.62. The van der Waals surface area contributed by atoms with Crippen LogP contribution in [0.1, 0.15) is 32.6 Å². The molecule has 0 aromatic carbocycles. The summed E-state index contributed by atoms with van der Waals surface area (Å²) < 4.78 is 10.4. The zero-order chi connectivity index (χ0) is 15.0. The van der Waals surface area contributed by atoms with Gasteiger partial charge in [-0.3, -0.25) is 4.79 Å². The van der Waals surface area contributed by atoms with E-state index in [1.165, 1.54) is 38.7 Å². The van der Waals surface area contributed by atoms with Crippen molar-refractivity contribution in [1.82, 2.24) is 0 Å². The SMILES string of the molecule is C=CC(=O)OCC1CC2CC1C1CC(COC(C)=O)CC21. The van der Waals surface area contributed by atoms with Gasteiger partial charge in [0.1, 0.15) is 0 Å². The largest absolute Gasteiger partial charge is 0.466 e. The van der Waals surface area contributed by atoms with Gasteiger partial charge in [0.05, 0.1) is 13.2 Å². The molecule has 0 aliphatic heterocycles. The fourth-order valence-electron chi connectivity index (χ4n) is 5.14. The first kappa shape index (κ1) is 14.6. The number of carbonyl (C=O) groups is 2. The maximum Gasteiger partial charge on any atom is 0.330 e. The predicted molar refractivity (Wildman–Crippen MR) is 77.2 cm³/mol. The van der Waals surface area contributed by atoms with Gasteiger partial charge in [0, 0.05) is 13.0 Å². The average molecular weight is 292 g/mol. The maximum atomic E-state index is 11.2. The molecule has 0 N–H and O–H groups in total. The van der Waals surface area contributed by atoms with Crippen molar-refractivity contribution in [3.05, 3.63) is 12.7 Å². The second-order valence-corrected chi connectivity index (χ2v) is 6.96. The Kier molecular flexibility index (Phi) is 4.05. The van der Waals surface area contributed by atoms with Crippen molar-refractivity contribution >= 4 is 11.9 Å². The fraction of sp³-hybridized carbons (Fsp3) is 0.765. The van der Waals surface area contributed by atoms with Gasteiger partial charge in [-0.05, 0) is 61.2 Å². The second-order valence-electron chi connectivity index (χ2n) is 6.96. The monoisotopic (exact) mass is 292 g/mol. The summed E-state index contributed by atoms with van der Waals surface area (Å²) in [6.07, 6.45) is 6.10. The minimum atomic E-state index is -0.312. The van der Waals surface area contributed by atoms with E-state index in [2.05, 4.69) is 6.58 Å². The van der Waals surface area contributed by atoms with Crippen molar-refractivity contribution in [1.29, 1.82) is 0 Å². The summed E-state index contributed by atoms with van der Waals surface area (Å²) >= 11 is 0. The smallest absolute Gasteiger partial charge is 0.330 e. The quantitative estimate of drug-likeness (QED) is 0.577. The molecule has 3 rings (SSSR count). The van der Waals surface area contributed by atoms with Gasteiger partial charge in [0.25, 0.3) is 0 Å². The van der Waals surface area contributed by atoms with E-state index in [-0.39, 0.29) is 11.9 Å². The van der Waals surface area contributed by atoms with Crippen LogP contribution in [0.4, 0.5) is 0 Å². The third kappa shape index (κ3) is 2.85. The molecule has 21 heavy (non-hydrogen) atoms. The van der Waals surface area contributed by atoms with E-state index in [9.17, 15) is 9.59 Å². The highest BCUT2D eigenvalue weighted by molar-refractivity contribution is 5.81. The Balaban J connectivity index is 1.53. The Morgan fingerprint density at radius 1 is 1.05 bits per heavy atom. The molecule has 2 bridgehead atoms. The summed E-state index contributed by atoms with van der Waals surface area (Å²) in [5.74, 6) is 3.60. The van der Waals surface area contributed by atoms with Crippen LogP contribution in [-0.4, -0.2) is 25.2 Å². The molecule has 116 valence electrons. The summed E-state index contributed by atoms with van der Waals surface area (Å²) in [7, 11) is 0. The number of fused-ring (bicyclic) bond motifs is 5. The van der Waals surface area contributed by atoms with Crippen molar-refractivity contribution in [2.45, 2.75) is 32.6 Å². The highest BCUT2D eigenvalue weighted by atomic mass is 16.5. The molecule has 4 nitrogen and oxygen atoms in total. The van der Waals surface area contributed by atoms with Gasteiger partial charge in [0.2, 0.25) is 0 Å². The third-order valence-electron chi connectivity index (χ3n) is 5.83. The lowest BCUT2D eigenvalue weighted by atomic mass is 9.76. The van der Waals surface area contributed by atoms with Gasteiger partial charge in [-0.1, -0.05) is 6.58 Å². The Labute approximate surface area is 125 Å². The molecule has 3 saturated carbocycles. The van der Waals surface area contributed by atoms with Crippen molar-refractivity contribution in [3.8, 4) is 0 Å². The van der Waals surface area contributed by atoms with Crippen molar-refractivity contribution in [2.24, 2.45) is 35.5 Å². The van der Waals surface area contributed by atoms with Crippen LogP contribution in [-0.2, 0) is 19.1 Å². The molecule has 0 spiro atoms. The van der Waals surface area contributed by atoms with Gasteiger partial charge in [0.15, 0.2) is 0 Å². The molecule has 3 aliphatic carbocycles. The molecular weight excluding hydrogens is 268 g/mol. The maximum absolute atomic E-state index is 11.2. The van der Waals surface area contributed by atoms with Gasteiger partial charge in [-0.2, -0.15) is 0 Å². The molecule has 0 saturated heterocycles. The van der Waals surface area contributed by atoms with Crippen LogP contribution in [0.3, 0.4) is 0 Å². The average Bonchev–Trinajstić information content (AvgIpc) is 3.12. The zero-order valence-corrected chi connectivity index (χ0v) is 12.6. The van der Waals surface area contributed by atoms with E-state index in [0.717, 1.165) is 17.8 Å². The Morgan fingerprint density at radius 2 is 1.81 bits per heavy atom. The van der Waals surface area contributed by atoms with E-state index in [0.29, 0.717) is 31.0 Å². The molecule has 3 fully saturated rings. The first-order valence-corrected chi connectivity index (χ1v) is 8.01. The summed E-state index contributed by atoms with van der Waals surface area (Å²) in [5, 5.41) is 0. The molecule has 4 heteroatoms. The van der Waals surface area contributed by atoms with Crippen LogP contribution in [0.2, 0.25) is 0 Å². The predicted octanol–water partition coefficient (Wildman–Crippen LogP) is 2.58. The van der Waals surface area contributed by atoms with Crippen LogP contribution >= 0.6 is 0 Å². The third-order valence-corrected chi connectivity index (χ3v) is 5.83. The summed E-state index contributed by atoms with van der Waals surface area (Å²) in [6.45, 7) is 6.04. The lowest BCUT2D eigenvalue weighted by molar-refractivity contribution is -0.142. The number of carbonyl (C=O) groups excluding carboxylic acids is 2. The van der Waals surface area contributed by atoms with Crippen LogP contribution in [0.25, 0.3) is 0 Å². The van der Waals surface area contributed by atoms with E-state index >= 15 is 0 Å². The molecule has 6 unspecified atom stereocenters. The Bertz CT molecular complexity index is 444. The summed E-state index contributed by atoms with van der Waals surface area (Å²) in [6, 6.07) is 0. The van der Waals surface area contributed by atoms with Crippen LogP contribution in [0.15, 0.2) is 12.7 Å². The van der Waals surface area contributed by atoms with Gasteiger partial charge in [-0.25, -0.2) is 4.79 Å². The number of hydrogen-bond acceptors (Lipinski definition) is 4. The van der Waals surface area contributed by atoms with Gasteiger partial charge in [-0.15, -0.1) is 0 Å². The first-order valence-electron chi connectivity index (χ1n) is 8.01. The van der Waals surface area contributed by atoms with E-state index in [1.807, 2.05) is 0 Å². The van der Waals surface area contributed by atoms with Crippen molar-refractivity contribution in [2.75, 3.05) is 13.2 Å². The van der Waals surface area contributed by atoms with Gasteiger partial charge >= 0.3 is 11.9 Å². The van der Waals surface area contributed by atoms with Crippen LogP contribution in [0.5, 0.6) is 0 Å². The lowest BCUT2D eigenvalue weighted by Crippen LogP contribution is -2.28. The van der Waals surface area contributed by atoms with E-state index in [1.54, 1.807) is 0 Å². The molecule has 0 heterocycles. The molecule has 0 amide bonds. The van der Waals surface area contributed by atoms with Crippen LogP contribution < -0.4 is 0 Å². The highest BCUT2D eigenvalue weighted by Gasteiger charge is 2.55. The van der Waals surface area contributed by atoms with E-state index in [4.69, 9.17) is 9.47 Å². The van der Waals surface area contributed by atoms with Crippen molar-refractivity contribution in [3.63, 3.8) is 0 Å². The fourth-order valence-corrected chi connectivity index (χ4v) is 5.14. The number of rotatable bonds is 5. The summed E-state index contributed by atoms with van der Waals surface area (Å²) in [5.41, 5.74) is 0.